The molecule has 2 heterocycles. The molecule has 0 saturated heterocycles. The van der Waals surface area contributed by atoms with Crippen molar-refractivity contribution in [2.24, 2.45) is 5.73 Å². The van der Waals surface area contributed by atoms with Crippen LogP contribution in [0.2, 0.25) is 0 Å². The van der Waals surface area contributed by atoms with E-state index in [1.165, 1.54) is 4.91 Å². The van der Waals surface area contributed by atoms with Crippen LogP contribution in [0.4, 0.5) is 8.78 Å². The Balaban J connectivity index is 1.57. The molecule has 4 nitrogen and oxygen atoms in total. The quantitative estimate of drug-likeness (QED) is 0.644. The highest BCUT2D eigenvalue weighted by atomic mass is 32.2. The Morgan fingerprint density at radius 2 is 2.17 bits per heavy atom. The van der Waals surface area contributed by atoms with Crippen molar-refractivity contribution >= 4 is 17.8 Å². The molecule has 0 radical (unpaired) electrons. The molecule has 2 aliphatic rings. The molecule has 154 valence electrons. The highest BCUT2D eigenvalue weighted by Crippen LogP contribution is 2.39. The van der Waals surface area contributed by atoms with Crippen LogP contribution < -0.4 is 11.1 Å². The lowest BCUT2D eigenvalue weighted by Crippen LogP contribution is -2.40. The van der Waals surface area contributed by atoms with Gasteiger partial charge in [0.05, 0.1) is 12.0 Å². The van der Waals surface area contributed by atoms with Crippen LogP contribution in [-0.2, 0) is 0 Å². The second-order valence-electron chi connectivity index (χ2n) is 7.61. The van der Waals surface area contributed by atoms with E-state index in [2.05, 4.69) is 35.2 Å². The van der Waals surface area contributed by atoms with Gasteiger partial charge in [0, 0.05) is 47.5 Å². The predicted molar refractivity (Wildman–Crippen MR) is 115 cm³/mol. The van der Waals surface area contributed by atoms with Gasteiger partial charge in [-0.15, -0.1) is 11.8 Å². The largest absolute Gasteiger partial charge is 0.348 e. The molecule has 0 saturated carbocycles. The third kappa shape index (κ3) is 3.79. The Bertz CT molecular complexity index is 952. The van der Waals surface area contributed by atoms with E-state index in [4.69, 9.17) is 5.73 Å². The van der Waals surface area contributed by atoms with Crippen LogP contribution in [0.3, 0.4) is 0 Å². The number of fused-ring (bicyclic) bond motifs is 1. The number of halogens is 2. The highest BCUT2D eigenvalue weighted by molar-refractivity contribution is 8.03. The maximum Gasteiger partial charge on any atom is 0.163 e. The Labute approximate surface area is 174 Å². The average Bonchev–Trinajstić information content (AvgIpc) is 3.40. The van der Waals surface area contributed by atoms with Gasteiger partial charge in [0.2, 0.25) is 0 Å². The van der Waals surface area contributed by atoms with Crippen LogP contribution in [-0.4, -0.2) is 28.3 Å². The van der Waals surface area contributed by atoms with E-state index in [0.717, 1.165) is 23.6 Å². The monoisotopic (exact) mass is 416 g/mol. The zero-order valence-corrected chi connectivity index (χ0v) is 17.4. The number of aromatic amines is 1. The summed E-state index contributed by atoms with van der Waals surface area (Å²) < 4.78 is 30.0. The third-order valence-electron chi connectivity index (χ3n) is 5.89. The summed E-state index contributed by atoms with van der Waals surface area (Å²) in [5, 5.41) is 3.39. The number of imidazole rings is 1. The molecular weight excluding hydrogens is 390 g/mol. The number of nitrogens with one attached hydrogen (secondary N) is 2. The molecule has 0 amide bonds. The first kappa shape index (κ1) is 20.3. The average molecular weight is 417 g/mol. The SMILES string of the molecule is CCC1=CC(c2ccc(C(CN)NC3C=Cc4nc[nH]c4C3C)c(F)c2F)CS1. The highest BCUT2D eigenvalue weighted by Gasteiger charge is 2.29. The molecule has 4 rings (SSSR count). The van der Waals surface area contributed by atoms with Crippen molar-refractivity contribution < 1.29 is 8.78 Å². The fourth-order valence-electron chi connectivity index (χ4n) is 4.12. The van der Waals surface area contributed by atoms with Crippen molar-refractivity contribution in [1.82, 2.24) is 15.3 Å². The Hall–Kier alpha value is -1.96. The van der Waals surface area contributed by atoms with E-state index in [-0.39, 0.29) is 30.0 Å². The standard InChI is InChI=1S/C22H26F2N4S/c1-3-14-8-13(10-29-14)15-4-5-16(21(24)20(15)23)19(9-25)28-17-6-7-18-22(12(17)2)27-11-26-18/h4-8,11-13,17,19,28H,3,9-10,25H2,1-2H3,(H,26,27). The summed E-state index contributed by atoms with van der Waals surface area (Å²) >= 11 is 1.72. The topological polar surface area (TPSA) is 66.7 Å². The minimum atomic E-state index is -0.802. The maximum absolute atomic E-state index is 15.0. The smallest absolute Gasteiger partial charge is 0.163 e. The van der Waals surface area contributed by atoms with Crippen molar-refractivity contribution in [2.45, 2.75) is 44.2 Å². The zero-order chi connectivity index (χ0) is 20.5. The van der Waals surface area contributed by atoms with Gasteiger partial charge in [-0.25, -0.2) is 13.8 Å². The molecule has 0 fully saturated rings. The van der Waals surface area contributed by atoms with Crippen LogP contribution in [0.5, 0.6) is 0 Å². The minimum absolute atomic E-state index is 0.0556. The molecule has 4 N–H and O–H groups in total. The van der Waals surface area contributed by atoms with E-state index >= 15 is 4.39 Å². The van der Waals surface area contributed by atoms with Gasteiger partial charge in [0.1, 0.15) is 0 Å². The lowest BCUT2D eigenvalue weighted by molar-refractivity contribution is 0.416. The van der Waals surface area contributed by atoms with Crippen LogP contribution in [0.15, 0.2) is 35.5 Å². The first-order valence-electron chi connectivity index (χ1n) is 10.0. The van der Waals surface area contributed by atoms with Crippen molar-refractivity contribution in [1.29, 1.82) is 0 Å². The van der Waals surface area contributed by atoms with Gasteiger partial charge in [0.15, 0.2) is 11.6 Å². The third-order valence-corrected chi connectivity index (χ3v) is 7.21. The lowest BCUT2D eigenvalue weighted by atomic mass is 9.90. The zero-order valence-electron chi connectivity index (χ0n) is 16.6. The van der Waals surface area contributed by atoms with Crippen LogP contribution in [0.1, 0.15) is 60.7 Å². The minimum Gasteiger partial charge on any atom is -0.348 e. The molecule has 4 atom stereocenters. The Morgan fingerprint density at radius 3 is 2.90 bits per heavy atom. The number of rotatable bonds is 6. The van der Waals surface area contributed by atoms with E-state index in [9.17, 15) is 4.39 Å². The van der Waals surface area contributed by atoms with E-state index in [0.29, 0.717) is 5.56 Å². The van der Waals surface area contributed by atoms with Crippen molar-refractivity contribution in [3.05, 3.63) is 69.7 Å². The van der Waals surface area contributed by atoms with E-state index < -0.39 is 17.7 Å². The van der Waals surface area contributed by atoms with Crippen molar-refractivity contribution in [3.8, 4) is 0 Å². The van der Waals surface area contributed by atoms with E-state index in [1.807, 2.05) is 12.2 Å². The fraction of sp³-hybridized carbons (Fsp3) is 0.409. The van der Waals surface area contributed by atoms with Crippen molar-refractivity contribution in [2.75, 3.05) is 12.3 Å². The molecule has 7 heteroatoms. The number of benzene rings is 1. The van der Waals surface area contributed by atoms with E-state index in [1.54, 1.807) is 30.2 Å². The Morgan fingerprint density at radius 1 is 1.34 bits per heavy atom. The van der Waals surface area contributed by atoms with Gasteiger partial charge in [-0.05, 0) is 23.0 Å². The number of hydrogen-bond donors (Lipinski definition) is 3. The van der Waals surface area contributed by atoms with Gasteiger partial charge in [-0.3, -0.25) is 0 Å². The molecule has 1 aliphatic heterocycles. The molecular formula is C22H26F2N4S. The number of allylic oxidation sites excluding steroid dienone is 2. The molecule has 2 aromatic rings. The molecule has 1 aromatic heterocycles. The second-order valence-corrected chi connectivity index (χ2v) is 8.75. The molecule has 0 bridgehead atoms. The van der Waals surface area contributed by atoms with Gasteiger partial charge < -0.3 is 16.0 Å². The molecule has 0 spiro atoms. The number of H-pyrrole nitrogens is 1. The number of thioether (sulfide) groups is 1. The van der Waals surface area contributed by atoms with Crippen LogP contribution in [0.25, 0.3) is 6.08 Å². The summed E-state index contributed by atoms with van der Waals surface area (Å²) in [6, 6.07) is 2.85. The van der Waals surface area contributed by atoms with Crippen molar-refractivity contribution in [3.63, 3.8) is 0 Å². The summed E-state index contributed by atoms with van der Waals surface area (Å²) in [4.78, 5) is 8.67. The first-order valence-corrected chi connectivity index (χ1v) is 11.0. The predicted octanol–water partition coefficient (Wildman–Crippen LogP) is 4.60. The summed E-state index contributed by atoms with van der Waals surface area (Å²) in [5.41, 5.74) is 8.58. The first-order chi connectivity index (χ1) is 14.0. The normalized spacial score (nSPS) is 24.4. The summed E-state index contributed by atoms with van der Waals surface area (Å²) in [6.45, 7) is 4.31. The summed E-state index contributed by atoms with van der Waals surface area (Å²) in [5.74, 6) is -0.766. The Kier molecular flexibility index (Phi) is 5.90. The van der Waals surface area contributed by atoms with Gasteiger partial charge in [0.25, 0.3) is 0 Å². The summed E-state index contributed by atoms with van der Waals surface area (Å²) in [6.07, 6.45) is 8.59. The van der Waals surface area contributed by atoms with Gasteiger partial charge in [-0.2, -0.15) is 0 Å². The molecule has 4 unspecified atom stereocenters. The lowest BCUT2D eigenvalue weighted by Gasteiger charge is -2.30. The van der Waals surface area contributed by atoms with Gasteiger partial charge >= 0.3 is 0 Å². The molecule has 1 aromatic carbocycles. The number of nitrogens with zero attached hydrogens (tertiary/aromatic N) is 1. The van der Waals surface area contributed by atoms with Crippen LogP contribution >= 0.6 is 11.8 Å². The van der Waals surface area contributed by atoms with Crippen LogP contribution in [0, 0.1) is 11.6 Å². The number of hydrogen-bond acceptors (Lipinski definition) is 4. The molecule has 29 heavy (non-hydrogen) atoms. The number of nitrogens with two attached hydrogens (primary N) is 1. The number of aromatic nitrogens is 2. The fourth-order valence-corrected chi connectivity index (χ4v) is 5.26. The maximum atomic E-state index is 15.0. The second kappa shape index (κ2) is 8.42. The summed E-state index contributed by atoms with van der Waals surface area (Å²) in [7, 11) is 0. The van der Waals surface area contributed by atoms with Gasteiger partial charge in [-0.1, -0.05) is 38.1 Å². The molecule has 1 aliphatic carbocycles.